The third kappa shape index (κ3) is 8.42. The van der Waals surface area contributed by atoms with Gasteiger partial charge in [0.1, 0.15) is 12.3 Å². The van der Waals surface area contributed by atoms with E-state index in [1.54, 1.807) is 0 Å². The van der Waals surface area contributed by atoms with Crippen LogP contribution in [-0.4, -0.2) is 51.5 Å². The fourth-order valence-electron chi connectivity index (χ4n) is 6.78. The van der Waals surface area contributed by atoms with Crippen LogP contribution in [0.15, 0.2) is 121 Å². The van der Waals surface area contributed by atoms with Gasteiger partial charge in [-0.3, -0.25) is 9.80 Å². The minimum Gasteiger partial charge on any atom is -0.388 e. The van der Waals surface area contributed by atoms with Gasteiger partial charge in [0.25, 0.3) is 0 Å². The number of ether oxygens (including phenoxy) is 1. The highest BCUT2D eigenvalue weighted by atomic mass is 19.1. The SMILES string of the molecule is C.O[C@H]1[C@H](N(Cc2ccccc2)Cc2ccccc2)CC[C@@H]1F.c1ccc(CN(Cc2ccccc2)[C@@H]2CC[C@H]3O[C@@H]23)cc1. The molecule has 44 heavy (non-hydrogen) atoms. The molecular weight excluding hydrogens is 547 g/mol. The van der Waals surface area contributed by atoms with E-state index in [9.17, 15) is 9.50 Å². The Morgan fingerprint density at radius 3 is 1.20 bits per heavy atom. The fourth-order valence-corrected chi connectivity index (χ4v) is 6.78. The number of halogens is 1. The van der Waals surface area contributed by atoms with Crippen LogP contribution in [-0.2, 0) is 30.9 Å². The zero-order valence-electron chi connectivity index (χ0n) is 24.8. The summed E-state index contributed by atoms with van der Waals surface area (Å²) in [4.78, 5) is 4.80. The standard InChI is InChI=1S/C19H22FNO.C19H21NO.CH4/c20-17-11-12-18(19(17)22)21(13-15-7-3-1-4-8-15)14-16-9-5-2-6-10-16;1-3-7-15(8-4-1)13-20(14-16-9-5-2-6-10-16)17-11-12-18-19(17)21-18;/h1-10,17-19,22H,11-14H2;1-10,17-19H,11-14H2;1H4/t17-,18+,19+;17-,18-,19+;/m01./s1. The van der Waals surface area contributed by atoms with Crippen LogP contribution in [0, 0.1) is 0 Å². The van der Waals surface area contributed by atoms with E-state index in [1.165, 1.54) is 35.1 Å². The third-order valence-corrected chi connectivity index (χ3v) is 9.10. The van der Waals surface area contributed by atoms with Crippen molar-refractivity contribution in [2.24, 2.45) is 0 Å². The number of hydrogen-bond donors (Lipinski definition) is 1. The lowest BCUT2D eigenvalue weighted by molar-refractivity contribution is 0.0259. The van der Waals surface area contributed by atoms with Crippen molar-refractivity contribution in [3.63, 3.8) is 0 Å². The van der Waals surface area contributed by atoms with Gasteiger partial charge in [-0.15, -0.1) is 0 Å². The second-order valence-electron chi connectivity index (χ2n) is 12.2. The normalized spacial score (nSPS) is 25.2. The zero-order valence-corrected chi connectivity index (χ0v) is 24.8. The predicted molar refractivity (Wildman–Crippen MR) is 177 cm³/mol. The summed E-state index contributed by atoms with van der Waals surface area (Å²) in [6.07, 6.45) is 2.71. The Balaban J connectivity index is 0.000000171. The van der Waals surface area contributed by atoms with Gasteiger partial charge in [-0.1, -0.05) is 129 Å². The van der Waals surface area contributed by atoms with Crippen LogP contribution in [0.1, 0.15) is 55.4 Å². The number of nitrogens with zero attached hydrogens (tertiary/aromatic N) is 2. The highest BCUT2D eigenvalue weighted by molar-refractivity contribution is 5.20. The predicted octanol–water partition coefficient (Wildman–Crippen LogP) is 7.80. The van der Waals surface area contributed by atoms with Gasteiger partial charge in [-0.05, 0) is 47.9 Å². The molecule has 0 amide bonds. The largest absolute Gasteiger partial charge is 0.388 e. The highest BCUT2D eigenvalue weighted by Gasteiger charge is 2.52. The van der Waals surface area contributed by atoms with Crippen molar-refractivity contribution >= 4 is 0 Å². The van der Waals surface area contributed by atoms with E-state index in [0.717, 1.165) is 26.2 Å². The topological polar surface area (TPSA) is 39.2 Å². The molecule has 1 heterocycles. The lowest BCUT2D eigenvalue weighted by Gasteiger charge is -2.31. The van der Waals surface area contributed by atoms with E-state index in [4.69, 9.17) is 4.74 Å². The number of alkyl halides is 1. The fraction of sp³-hybridized carbons (Fsp3) is 0.385. The molecule has 232 valence electrons. The van der Waals surface area contributed by atoms with Gasteiger partial charge in [-0.2, -0.15) is 0 Å². The van der Waals surface area contributed by atoms with Crippen LogP contribution >= 0.6 is 0 Å². The number of hydrogen-bond acceptors (Lipinski definition) is 4. The summed E-state index contributed by atoms with van der Waals surface area (Å²) >= 11 is 0. The van der Waals surface area contributed by atoms with Crippen molar-refractivity contribution < 1.29 is 14.2 Å². The number of rotatable bonds is 10. The molecule has 0 unspecified atom stereocenters. The van der Waals surface area contributed by atoms with Crippen molar-refractivity contribution in [2.45, 2.75) is 95.9 Å². The van der Waals surface area contributed by atoms with Crippen LogP contribution < -0.4 is 0 Å². The van der Waals surface area contributed by atoms with Crippen molar-refractivity contribution in [1.29, 1.82) is 0 Å². The molecule has 1 saturated heterocycles. The summed E-state index contributed by atoms with van der Waals surface area (Å²) in [5, 5.41) is 10.2. The highest BCUT2D eigenvalue weighted by Crippen LogP contribution is 2.42. The smallest absolute Gasteiger partial charge is 0.127 e. The monoisotopic (exact) mass is 594 g/mol. The van der Waals surface area contributed by atoms with Crippen LogP contribution in [0.25, 0.3) is 0 Å². The molecule has 0 aromatic heterocycles. The first-order valence-electron chi connectivity index (χ1n) is 15.8. The molecule has 5 heteroatoms. The first-order chi connectivity index (χ1) is 21.1. The Morgan fingerprint density at radius 2 is 0.909 bits per heavy atom. The second kappa shape index (κ2) is 15.6. The summed E-state index contributed by atoms with van der Waals surface area (Å²) in [6, 6.07) is 42.4. The summed E-state index contributed by atoms with van der Waals surface area (Å²) in [6.45, 7) is 3.47. The van der Waals surface area contributed by atoms with Crippen molar-refractivity contribution in [3.8, 4) is 0 Å². The molecule has 4 aromatic rings. The number of fused-ring (bicyclic) bond motifs is 1. The maximum atomic E-state index is 13.7. The number of benzene rings is 4. The van der Waals surface area contributed by atoms with Gasteiger partial charge in [0.05, 0.1) is 12.2 Å². The molecule has 2 aliphatic carbocycles. The molecule has 6 atom stereocenters. The number of aliphatic hydroxyl groups is 1. The second-order valence-corrected chi connectivity index (χ2v) is 12.2. The number of aliphatic hydroxyl groups excluding tert-OH is 1. The van der Waals surface area contributed by atoms with Crippen molar-refractivity contribution in [3.05, 3.63) is 144 Å². The molecule has 1 N–H and O–H groups in total. The van der Waals surface area contributed by atoms with E-state index >= 15 is 0 Å². The average molecular weight is 595 g/mol. The van der Waals surface area contributed by atoms with Gasteiger partial charge >= 0.3 is 0 Å². The van der Waals surface area contributed by atoms with Gasteiger partial charge in [0, 0.05) is 38.3 Å². The maximum Gasteiger partial charge on any atom is 0.127 e. The first-order valence-corrected chi connectivity index (χ1v) is 15.8. The summed E-state index contributed by atoms with van der Waals surface area (Å²) in [5.41, 5.74) is 5.15. The van der Waals surface area contributed by atoms with Crippen LogP contribution in [0.2, 0.25) is 0 Å². The van der Waals surface area contributed by atoms with Crippen molar-refractivity contribution in [1.82, 2.24) is 9.80 Å². The van der Waals surface area contributed by atoms with E-state index in [1.807, 2.05) is 36.4 Å². The van der Waals surface area contributed by atoms with Crippen LogP contribution in [0.4, 0.5) is 4.39 Å². The number of epoxide rings is 1. The molecule has 3 aliphatic rings. The van der Waals surface area contributed by atoms with Gasteiger partial charge in [0.2, 0.25) is 0 Å². The average Bonchev–Trinajstić information content (AvgIpc) is 3.58. The third-order valence-electron chi connectivity index (χ3n) is 9.10. The Kier molecular flexibility index (Phi) is 11.4. The lowest BCUT2D eigenvalue weighted by Crippen LogP contribution is -2.41. The van der Waals surface area contributed by atoms with Gasteiger partial charge in [0.15, 0.2) is 0 Å². The lowest BCUT2D eigenvalue weighted by atomic mass is 10.1. The Labute approximate surface area is 263 Å². The summed E-state index contributed by atoms with van der Waals surface area (Å²) < 4.78 is 19.5. The zero-order chi connectivity index (χ0) is 29.4. The first kappa shape index (κ1) is 32.1. The Morgan fingerprint density at radius 1 is 0.545 bits per heavy atom. The van der Waals surface area contributed by atoms with Crippen LogP contribution in [0.5, 0.6) is 0 Å². The summed E-state index contributed by atoms with van der Waals surface area (Å²) in [5.74, 6) is 0. The molecule has 7 rings (SSSR count). The molecule has 1 aliphatic heterocycles. The minimum atomic E-state index is -1.10. The van der Waals surface area contributed by atoms with E-state index < -0.39 is 12.3 Å². The van der Waals surface area contributed by atoms with E-state index in [-0.39, 0.29) is 13.5 Å². The molecule has 2 saturated carbocycles. The summed E-state index contributed by atoms with van der Waals surface area (Å²) in [7, 11) is 0. The molecule has 4 nitrogen and oxygen atoms in total. The Hall–Kier alpha value is -3.35. The molecule has 0 spiro atoms. The van der Waals surface area contributed by atoms with Crippen LogP contribution in [0.3, 0.4) is 0 Å². The molecular formula is C39H47FN2O2. The molecule has 4 aromatic carbocycles. The van der Waals surface area contributed by atoms with E-state index in [0.29, 0.717) is 31.1 Å². The Bertz CT molecular complexity index is 1290. The van der Waals surface area contributed by atoms with E-state index in [2.05, 4.69) is 94.7 Å². The van der Waals surface area contributed by atoms with Gasteiger partial charge in [-0.25, -0.2) is 4.39 Å². The minimum absolute atomic E-state index is 0. The molecule has 0 radical (unpaired) electrons. The maximum absolute atomic E-state index is 13.7. The quantitative estimate of drug-likeness (QED) is 0.190. The molecule has 0 bridgehead atoms. The van der Waals surface area contributed by atoms with Gasteiger partial charge < -0.3 is 9.84 Å². The van der Waals surface area contributed by atoms with Crippen molar-refractivity contribution in [2.75, 3.05) is 0 Å². The molecule has 3 fully saturated rings.